The quantitative estimate of drug-likeness (QED) is 0.278. The highest BCUT2D eigenvalue weighted by atomic mass is 19.4. The summed E-state index contributed by atoms with van der Waals surface area (Å²) in [5, 5.41) is -3.08. The Balaban J connectivity index is 5.30. The first kappa shape index (κ1) is 20.2. The third kappa shape index (κ3) is 3.88. The Kier molecular flexibility index (Phi) is 6.27. The summed E-state index contributed by atoms with van der Waals surface area (Å²) in [6.45, 7) is -4.69. The highest BCUT2D eigenvalue weighted by molar-refractivity contribution is 4.91. The number of halogens is 10. The Morgan fingerprint density at radius 3 is 1.81 bits per heavy atom. The SMILES string of the molecule is COC(F)(F)C(F)(F)C(F)(F)N(F)C(F)(F)COCCF. The van der Waals surface area contributed by atoms with E-state index in [0.717, 1.165) is 0 Å². The van der Waals surface area contributed by atoms with E-state index in [2.05, 4.69) is 9.47 Å². The molecule has 0 heterocycles. The number of methoxy groups -OCH3 is 1. The van der Waals surface area contributed by atoms with Gasteiger partial charge >= 0.3 is 24.1 Å². The minimum Gasteiger partial charge on any atom is -0.371 e. The average Bonchev–Trinajstić information content (AvgIpc) is 2.37. The molecule has 0 aromatic carbocycles. The van der Waals surface area contributed by atoms with Crippen molar-refractivity contribution in [1.29, 1.82) is 0 Å². The lowest BCUT2D eigenvalue weighted by atomic mass is 10.2. The maximum absolute atomic E-state index is 12.9. The molecule has 0 atom stereocenters. The normalized spacial score (nSPS) is 14.9. The highest BCUT2D eigenvalue weighted by Gasteiger charge is 2.78. The molecule has 0 saturated carbocycles. The van der Waals surface area contributed by atoms with Crippen LogP contribution in [-0.4, -0.2) is 56.2 Å². The van der Waals surface area contributed by atoms with Crippen LogP contribution in [0.25, 0.3) is 0 Å². The summed E-state index contributed by atoms with van der Waals surface area (Å²) in [4.78, 5) is 0. The summed E-state index contributed by atoms with van der Waals surface area (Å²) in [6, 6.07) is -12.1. The van der Waals surface area contributed by atoms with Crippen LogP contribution in [0, 0.1) is 0 Å². The van der Waals surface area contributed by atoms with Crippen molar-refractivity contribution in [2.45, 2.75) is 24.1 Å². The van der Waals surface area contributed by atoms with Crippen LogP contribution in [-0.2, 0) is 9.47 Å². The fraction of sp³-hybridized carbons (Fsp3) is 1.00. The Labute approximate surface area is 111 Å². The number of hydrogen-bond donors (Lipinski definition) is 0. The summed E-state index contributed by atoms with van der Waals surface area (Å²) in [6.07, 6.45) is -5.93. The molecule has 0 bridgehead atoms. The van der Waals surface area contributed by atoms with Gasteiger partial charge in [0.05, 0.1) is 6.61 Å². The van der Waals surface area contributed by atoms with Gasteiger partial charge in [-0.3, -0.25) is 0 Å². The van der Waals surface area contributed by atoms with Crippen molar-refractivity contribution in [3.05, 3.63) is 0 Å². The third-order valence-electron chi connectivity index (χ3n) is 2.03. The van der Waals surface area contributed by atoms with Crippen molar-refractivity contribution >= 4 is 0 Å². The van der Waals surface area contributed by atoms with Gasteiger partial charge in [0.2, 0.25) is 0 Å². The van der Waals surface area contributed by atoms with Crippen LogP contribution in [0.3, 0.4) is 0 Å². The number of ether oxygens (including phenoxy) is 2. The Hall–Kier alpha value is -0.820. The van der Waals surface area contributed by atoms with Gasteiger partial charge in [-0.1, -0.05) is 0 Å². The second kappa shape index (κ2) is 6.52. The first-order valence-electron chi connectivity index (χ1n) is 4.94. The minimum atomic E-state index is -6.64. The fourth-order valence-electron chi connectivity index (χ4n) is 0.938. The van der Waals surface area contributed by atoms with Crippen LogP contribution >= 0.6 is 0 Å². The van der Waals surface area contributed by atoms with Gasteiger partial charge in [-0.05, 0) is 5.12 Å². The second-order valence-electron chi connectivity index (χ2n) is 3.52. The number of rotatable bonds is 9. The van der Waals surface area contributed by atoms with Gasteiger partial charge in [-0.2, -0.15) is 35.1 Å². The summed E-state index contributed by atoms with van der Waals surface area (Å²) < 4.78 is 133. The molecule has 0 radical (unpaired) electrons. The Morgan fingerprint density at radius 1 is 0.952 bits per heavy atom. The van der Waals surface area contributed by atoms with E-state index in [1.54, 1.807) is 0 Å². The summed E-state index contributed by atoms with van der Waals surface area (Å²) in [7, 11) is -0.116. The topological polar surface area (TPSA) is 21.7 Å². The first-order valence-corrected chi connectivity index (χ1v) is 4.94. The molecule has 0 fully saturated rings. The maximum Gasteiger partial charge on any atom is 0.427 e. The number of hydrogen-bond acceptors (Lipinski definition) is 3. The molecular formula is C8H9F10NO2. The standard InChI is InChI=1S/C8H9F10NO2/c1-20-8(16,17)6(12,13)7(14,15)19(18)5(10,11)4-21-3-2-9/h2-4H2,1H3. The molecule has 3 nitrogen and oxygen atoms in total. The number of alkyl halides is 9. The van der Waals surface area contributed by atoms with Crippen molar-refractivity contribution in [3.8, 4) is 0 Å². The van der Waals surface area contributed by atoms with E-state index in [0.29, 0.717) is 0 Å². The molecule has 13 heteroatoms. The Morgan fingerprint density at radius 2 is 1.43 bits per heavy atom. The molecule has 0 aliphatic carbocycles. The largest absolute Gasteiger partial charge is 0.427 e. The van der Waals surface area contributed by atoms with Crippen LogP contribution in [0.5, 0.6) is 0 Å². The van der Waals surface area contributed by atoms with Crippen molar-refractivity contribution in [2.75, 3.05) is 27.0 Å². The Bertz CT molecular complexity index is 337. The van der Waals surface area contributed by atoms with Crippen molar-refractivity contribution in [1.82, 2.24) is 5.12 Å². The molecule has 21 heavy (non-hydrogen) atoms. The zero-order chi connectivity index (χ0) is 17.1. The maximum atomic E-state index is 12.9. The molecule has 128 valence electrons. The van der Waals surface area contributed by atoms with E-state index < -0.39 is 49.1 Å². The van der Waals surface area contributed by atoms with E-state index in [1.165, 1.54) is 0 Å². The molecule has 0 aromatic rings. The van der Waals surface area contributed by atoms with Crippen molar-refractivity contribution < 1.29 is 53.5 Å². The molecule has 0 aliphatic rings. The van der Waals surface area contributed by atoms with E-state index in [9.17, 15) is 44.0 Å². The first-order chi connectivity index (χ1) is 9.28. The van der Waals surface area contributed by atoms with Gasteiger partial charge in [0.1, 0.15) is 13.3 Å². The van der Waals surface area contributed by atoms with Gasteiger partial charge < -0.3 is 9.47 Å². The zero-order valence-electron chi connectivity index (χ0n) is 10.2. The van der Waals surface area contributed by atoms with Gasteiger partial charge in [-0.15, -0.1) is 4.48 Å². The van der Waals surface area contributed by atoms with E-state index in [1.807, 2.05) is 0 Å². The lowest BCUT2D eigenvalue weighted by Crippen LogP contribution is -2.64. The van der Waals surface area contributed by atoms with Crippen LogP contribution in [0.15, 0.2) is 0 Å². The van der Waals surface area contributed by atoms with Gasteiger partial charge in [0.15, 0.2) is 0 Å². The fourth-order valence-corrected chi connectivity index (χ4v) is 0.938. The molecule has 0 rings (SSSR count). The minimum absolute atomic E-state index is 0.116. The number of nitrogens with zero attached hydrogens (tertiary/aromatic N) is 1. The smallest absolute Gasteiger partial charge is 0.371 e. The van der Waals surface area contributed by atoms with E-state index in [-0.39, 0.29) is 7.11 Å². The van der Waals surface area contributed by atoms with Crippen LogP contribution in [0.2, 0.25) is 0 Å². The third-order valence-corrected chi connectivity index (χ3v) is 2.03. The molecule has 0 N–H and O–H groups in total. The molecule has 0 aromatic heterocycles. The molecule has 0 spiro atoms. The zero-order valence-corrected chi connectivity index (χ0v) is 10.2. The summed E-state index contributed by atoms with van der Waals surface area (Å²) >= 11 is 0. The average molecular weight is 341 g/mol. The monoisotopic (exact) mass is 341 g/mol. The second-order valence-corrected chi connectivity index (χ2v) is 3.52. The summed E-state index contributed by atoms with van der Waals surface area (Å²) in [5.74, 6) is -6.63. The predicted octanol–water partition coefficient (Wildman–Crippen LogP) is 3.22. The molecule has 0 aliphatic heterocycles. The van der Waals surface area contributed by atoms with E-state index >= 15 is 0 Å². The van der Waals surface area contributed by atoms with Gasteiger partial charge in [0, 0.05) is 7.11 Å². The van der Waals surface area contributed by atoms with Crippen molar-refractivity contribution in [3.63, 3.8) is 0 Å². The highest BCUT2D eigenvalue weighted by Crippen LogP contribution is 2.50. The lowest BCUT2D eigenvalue weighted by Gasteiger charge is -2.36. The lowest BCUT2D eigenvalue weighted by molar-refractivity contribution is -0.469. The molecule has 0 saturated heterocycles. The van der Waals surface area contributed by atoms with Crippen LogP contribution in [0.1, 0.15) is 0 Å². The van der Waals surface area contributed by atoms with Crippen LogP contribution < -0.4 is 0 Å². The molecule has 0 amide bonds. The van der Waals surface area contributed by atoms with Crippen LogP contribution in [0.4, 0.5) is 44.0 Å². The van der Waals surface area contributed by atoms with E-state index in [4.69, 9.17) is 0 Å². The predicted molar refractivity (Wildman–Crippen MR) is 46.5 cm³/mol. The van der Waals surface area contributed by atoms with Crippen molar-refractivity contribution in [2.24, 2.45) is 0 Å². The molecule has 0 unspecified atom stereocenters. The summed E-state index contributed by atoms with van der Waals surface area (Å²) in [5.41, 5.74) is 0. The molecular weight excluding hydrogens is 332 g/mol. The van der Waals surface area contributed by atoms with Gasteiger partial charge in [-0.25, -0.2) is 4.39 Å². The van der Waals surface area contributed by atoms with Gasteiger partial charge in [0.25, 0.3) is 0 Å².